The molecule has 4 aromatic carbocycles. The van der Waals surface area contributed by atoms with Crippen molar-refractivity contribution in [2.24, 2.45) is 9.98 Å². The van der Waals surface area contributed by atoms with E-state index in [4.69, 9.17) is 9.98 Å². The molecule has 2 atom stereocenters. The van der Waals surface area contributed by atoms with Gasteiger partial charge in [-0.15, -0.1) is 0 Å². The SMILES string of the molecule is CCC1NC2=C(CCC=C2)N1c1ccc(-c2cc(C)ccc2C2=C(C3=NC(c4ccccc4)N=C(c4ccccc4)N3)C=CCC2)cc1. The molecule has 2 aliphatic carbocycles. The summed E-state index contributed by atoms with van der Waals surface area (Å²) in [6, 6.07) is 36.8. The Morgan fingerprint density at radius 3 is 2.25 bits per heavy atom. The van der Waals surface area contributed by atoms with E-state index >= 15 is 0 Å². The predicted molar refractivity (Wildman–Crippen MR) is 200 cm³/mol. The van der Waals surface area contributed by atoms with Gasteiger partial charge in [0.15, 0.2) is 6.17 Å². The van der Waals surface area contributed by atoms with Crippen LogP contribution in [0.2, 0.25) is 0 Å². The highest BCUT2D eigenvalue weighted by molar-refractivity contribution is 6.19. The summed E-state index contributed by atoms with van der Waals surface area (Å²) < 4.78 is 0. The van der Waals surface area contributed by atoms with Gasteiger partial charge in [0.25, 0.3) is 0 Å². The first kappa shape index (κ1) is 29.9. The first-order valence-corrected chi connectivity index (χ1v) is 17.3. The normalized spacial score (nSPS) is 20.2. The van der Waals surface area contributed by atoms with E-state index < -0.39 is 0 Å². The third-order valence-electron chi connectivity index (χ3n) is 9.72. The molecule has 2 N–H and O–H groups in total. The number of benzene rings is 4. The fourth-order valence-corrected chi connectivity index (χ4v) is 7.32. The van der Waals surface area contributed by atoms with Gasteiger partial charge in [0.05, 0.1) is 5.70 Å². The van der Waals surface area contributed by atoms with E-state index in [-0.39, 0.29) is 12.3 Å². The summed E-state index contributed by atoms with van der Waals surface area (Å²) in [6.45, 7) is 4.44. The monoisotopic (exact) mass is 627 g/mol. The summed E-state index contributed by atoms with van der Waals surface area (Å²) in [7, 11) is 0. The summed E-state index contributed by atoms with van der Waals surface area (Å²) >= 11 is 0. The number of aryl methyl sites for hydroxylation is 1. The number of hydrogen-bond acceptors (Lipinski definition) is 5. The van der Waals surface area contributed by atoms with Gasteiger partial charge in [-0.05, 0) is 85.1 Å². The van der Waals surface area contributed by atoms with Crippen LogP contribution in [0.5, 0.6) is 0 Å². The first-order chi connectivity index (χ1) is 23.7. The molecule has 0 saturated carbocycles. The Morgan fingerprint density at radius 1 is 0.729 bits per heavy atom. The van der Waals surface area contributed by atoms with Gasteiger partial charge >= 0.3 is 0 Å². The minimum Gasteiger partial charge on any atom is -0.364 e. The summed E-state index contributed by atoms with van der Waals surface area (Å²) in [6.07, 6.45) is 14.1. The second-order valence-corrected chi connectivity index (χ2v) is 12.9. The van der Waals surface area contributed by atoms with Gasteiger partial charge < -0.3 is 15.5 Å². The molecule has 0 spiro atoms. The molecule has 4 aliphatic rings. The fraction of sp³-hybridized carbons (Fsp3) is 0.209. The van der Waals surface area contributed by atoms with Crippen molar-refractivity contribution < 1.29 is 0 Å². The number of anilines is 1. The Bertz CT molecular complexity index is 2010. The van der Waals surface area contributed by atoms with Crippen LogP contribution in [-0.2, 0) is 0 Å². The molecule has 2 heterocycles. The number of allylic oxidation sites excluding steroid dienone is 5. The van der Waals surface area contributed by atoms with Crippen molar-refractivity contribution in [1.82, 2.24) is 10.6 Å². The smallest absolute Gasteiger partial charge is 0.169 e. The first-order valence-electron chi connectivity index (χ1n) is 17.3. The molecule has 2 aliphatic heterocycles. The van der Waals surface area contributed by atoms with E-state index in [0.717, 1.165) is 60.5 Å². The van der Waals surface area contributed by atoms with Crippen LogP contribution in [0, 0.1) is 6.92 Å². The second kappa shape index (κ2) is 13.0. The molecule has 0 bridgehead atoms. The predicted octanol–water partition coefficient (Wildman–Crippen LogP) is 9.62. The van der Waals surface area contributed by atoms with E-state index in [1.807, 2.05) is 12.1 Å². The van der Waals surface area contributed by atoms with Crippen LogP contribution in [0.15, 0.2) is 154 Å². The lowest BCUT2D eigenvalue weighted by atomic mass is 9.85. The van der Waals surface area contributed by atoms with Crippen molar-refractivity contribution in [3.63, 3.8) is 0 Å². The third-order valence-corrected chi connectivity index (χ3v) is 9.72. The number of amidine groups is 2. The summed E-state index contributed by atoms with van der Waals surface area (Å²) in [5.74, 6) is 1.71. The van der Waals surface area contributed by atoms with E-state index in [2.05, 4.69) is 145 Å². The molecule has 0 amide bonds. The Hall–Kier alpha value is -5.42. The van der Waals surface area contributed by atoms with Crippen molar-refractivity contribution in [3.8, 4) is 11.1 Å². The van der Waals surface area contributed by atoms with Gasteiger partial charge in [0, 0.05) is 22.5 Å². The number of rotatable bonds is 7. The van der Waals surface area contributed by atoms with Crippen molar-refractivity contribution in [2.75, 3.05) is 4.90 Å². The molecule has 0 saturated heterocycles. The van der Waals surface area contributed by atoms with E-state index in [1.54, 1.807) is 0 Å². The maximum Gasteiger partial charge on any atom is 0.169 e. The lowest BCUT2D eigenvalue weighted by Gasteiger charge is -2.29. The molecule has 4 aromatic rings. The van der Waals surface area contributed by atoms with Gasteiger partial charge in [0.1, 0.15) is 17.8 Å². The summed E-state index contributed by atoms with van der Waals surface area (Å²) in [5.41, 5.74) is 13.5. The zero-order valence-electron chi connectivity index (χ0n) is 27.7. The van der Waals surface area contributed by atoms with Crippen LogP contribution < -0.4 is 15.5 Å². The highest BCUT2D eigenvalue weighted by atomic mass is 15.3. The summed E-state index contributed by atoms with van der Waals surface area (Å²) in [5, 5.41) is 7.39. The van der Waals surface area contributed by atoms with Gasteiger partial charge in [-0.2, -0.15) is 0 Å². The highest BCUT2D eigenvalue weighted by Gasteiger charge is 2.31. The van der Waals surface area contributed by atoms with E-state index in [1.165, 1.54) is 44.9 Å². The van der Waals surface area contributed by atoms with Gasteiger partial charge in [-0.3, -0.25) is 0 Å². The van der Waals surface area contributed by atoms with Crippen LogP contribution >= 0.6 is 0 Å². The number of nitrogens with one attached hydrogen (secondary N) is 2. The Morgan fingerprint density at radius 2 is 1.46 bits per heavy atom. The zero-order valence-corrected chi connectivity index (χ0v) is 27.7. The van der Waals surface area contributed by atoms with Crippen molar-refractivity contribution >= 4 is 22.9 Å². The Labute approximate surface area is 283 Å². The van der Waals surface area contributed by atoms with Gasteiger partial charge in [-0.25, -0.2) is 9.98 Å². The molecule has 0 radical (unpaired) electrons. The standard InChI is InChI=1S/C43H41N5/c1-3-40-44-38-20-12-13-21-39(38)48(40)33-25-23-30(24-26-33)37-28-29(2)22-27-35(37)34-18-10-11-19-36(34)43-46-41(31-14-6-4-7-15-31)45-42(47-43)32-16-8-5-9-17-32/h4-9,11-12,14-17,19-20,22-28,40-41,44H,3,10,13,18,21H2,1-2H3,(H,45,46,47). The average molecular weight is 628 g/mol. The fourth-order valence-electron chi connectivity index (χ4n) is 7.32. The Kier molecular flexibility index (Phi) is 8.11. The van der Waals surface area contributed by atoms with Crippen molar-refractivity contribution in [1.29, 1.82) is 0 Å². The molecule has 8 rings (SSSR count). The Balaban J connectivity index is 1.19. The molecular formula is C43H41N5. The van der Waals surface area contributed by atoms with Crippen LogP contribution in [-0.4, -0.2) is 17.8 Å². The number of hydrogen-bond donors (Lipinski definition) is 2. The largest absolute Gasteiger partial charge is 0.364 e. The minimum atomic E-state index is -0.325. The maximum absolute atomic E-state index is 5.24. The molecule has 2 unspecified atom stereocenters. The van der Waals surface area contributed by atoms with Crippen molar-refractivity contribution in [3.05, 3.63) is 167 Å². The van der Waals surface area contributed by atoms with E-state index in [9.17, 15) is 0 Å². The van der Waals surface area contributed by atoms with Crippen molar-refractivity contribution in [2.45, 2.75) is 58.3 Å². The third kappa shape index (κ3) is 5.70. The van der Waals surface area contributed by atoms with Crippen LogP contribution in [0.3, 0.4) is 0 Å². The molecule has 0 aromatic heterocycles. The van der Waals surface area contributed by atoms with Gasteiger partial charge in [0.2, 0.25) is 0 Å². The van der Waals surface area contributed by atoms with E-state index in [0.29, 0.717) is 0 Å². The van der Waals surface area contributed by atoms with Gasteiger partial charge in [-0.1, -0.05) is 122 Å². The molecular weight excluding hydrogens is 587 g/mol. The van der Waals surface area contributed by atoms with Crippen LogP contribution in [0.4, 0.5) is 5.69 Å². The molecule has 0 fully saturated rings. The number of aliphatic imine (C=N–C) groups is 2. The molecule has 5 nitrogen and oxygen atoms in total. The van der Waals surface area contributed by atoms with Crippen LogP contribution in [0.1, 0.15) is 67.4 Å². The highest BCUT2D eigenvalue weighted by Crippen LogP contribution is 2.40. The average Bonchev–Trinajstić information content (AvgIpc) is 3.54. The molecule has 238 valence electrons. The zero-order chi connectivity index (χ0) is 32.5. The maximum atomic E-state index is 5.24. The topological polar surface area (TPSA) is 52.0 Å². The quantitative estimate of drug-likeness (QED) is 0.215. The molecule has 5 heteroatoms. The lowest BCUT2D eigenvalue weighted by Crippen LogP contribution is -2.36. The second-order valence-electron chi connectivity index (χ2n) is 12.9. The summed E-state index contributed by atoms with van der Waals surface area (Å²) in [4.78, 5) is 12.8. The molecule has 48 heavy (non-hydrogen) atoms. The minimum absolute atomic E-state index is 0.285. The van der Waals surface area contributed by atoms with Crippen LogP contribution in [0.25, 0.3) is 16.7 Å². The number of nitrogens with zero attached hydrogens (tertiary/aromatic N) is 3. The lowest BCUT2D eigenvalue weighted by molar-refractivity contribution is 0.588.